The molecular weight excluding hydrogens is 362 g/mol. The minimum Gasteiger partial charge on any atom is -0.479 e. The van der Waals surface area contributed by atoms with Gasteiger partial charge in [-0.1, -0.05) is 19.3 Å². The second kappa shape index (κ2) is 9.14. The fraction of sp³-hybridized carbons (Fsp3) is 0.857. The molecule has 7 nitrogen and oxygen atoms in total. The Hall–Kier alpha value is -1.79. The van der Waals surface area contributed by atoms with Crippen LogP contribution in [0.4, 0.5) is 4.79 Å². The fourth-order valence-electron chi connectivity index (χ4n) is 3.60. The van der Waals surface area contributed by atoms with Crippen LogP contribution in [0, 0.1) is 5.92 Å². The number of aliphatic carboxylic acids is 1. The molecule has 1 amide bonds. The van der Waals surface area contributed by atoms with Crippen LogP contribution in [-0.4, -0.2) is 51.3 Å². The van der Waals surface area contributed by atoms with Gasteiger partial charge in [0.05, 0.1) is 6.42 Å². The van der Waals surface area contributed by atoms with Gasteiger partial charge in [-0.2, -0.15) is 0 Å². The Kier molecular flexibility index (Phi) is 7.91. The number of carboxylic acid groups (broad SMARTS) is 1. The first kappa shape index (κ1) is 24.2. The number of carbonyl (C=O) groups is 3. The van der Waals surface area contributed by atoms with Crippen LogP contribution in [0.1, 0.15) is 87.0 Å². The third-order valence-corrected chi connectivity index (χ3v) is 4.97. The van der Waals surface area contributed by atoms with Gasteiger partial charge < -0.3 is 14.6 Å². The standard InChI is InChI=1S/C21H37NO6/c1-19(2,3)27-16(23)13-14-22(18(26)28-20(4,5)6)21(7,17(24)25)15-11-9-8-10-12-15/h15H,8-14H2,1-7H3,(H,24,25)/t21-/m1/s1. The number of rotatable bonds is 6. The summed E-state index contributed by atoms with van der Waals surface area (Å²) < 4.78 is 10.8. The molecule has 0 bridgehead atoms. The Bertz CT molecular complexity index is 568. The predicted octanol–water partition coefficient (Wildman–Crippen LogP) is 4.38. The quantitative estimate of drug-likeness (QED) is 0.666. The molecule has 1 aliphatic carbocycles. The van der Waals surface area contributed by atoms with E-state index in [0.717, 1.165) is 32.1 Å². The maximum absolute atomic E-state index is 12.9. The van der Waals surface area contributed by atoms with Gasteiger partial charge in [-0.3, -0.25) is 9.69 Å². The van der Waals surface area contributed by atoms with Crippen LogP contribution in [-0.2, 0) is 19.1 Å². The molecule has 7 heteroatoms. The highest BCUT2D eigenvalue weighted by molar-refractivity contribution is 5.85. The van der Waals surface area contributed by atoms with Crippen LogP contribution in [0.2, 0.25) is 0 Å². The van der Waals surface area contributed by atoms with E-state index in [1.165, 1.54) is 4.90 Å². The van der Waals surface area contributed by atoms with Crippen LogP contribution >= 0.6 is 0 Å². The predicted molar refractivity (Wildman–Crippen MR) is 106 cm³/mol. The highest BCUT2D eigenvalue weighted by Gasteiger charge is 2.50. The maximum atomic E-state index is 12.9. The number of hydrogen-bond acceptors (Lipinski definition) is 5. The molecule has 0 spiro atoms. The van der Waals surface area contributed by atoms with Crippen LogP contribution in [0.5, 0.6) is 0 Å². The summed E-state index contributed by atoms with van der Waals surface area (Å²) in [5, 5.41) is 10.1. The van der Waals surface area contributed by atoms with Gasteiger partial charge >= 0.3 is 18.0 Å². The highest BCUT2D eigenvalue weighted by atomic mass is 16.6. The van der Waals surface area contributed by atoms with Crippen molar-refractivity contribution in [3.63, 3.8) is 0 Å². The van der Waals surface area contributed by atoms with Crippen molar-refractivity contribution in [3.05, 3.63) is 0 Å². The maximum Gasteiger partial charge on any atom is 0.411 e. The van der Waals surface area contributed by atoms with Crippen molar-refractivity contribution >= 4 is 18.0 Å². The molecule has 1 atom stereocenters. The zero-order valence-electron chi connectivity index (χ0n) is 18.5. The molecule has 0 radical (unpaired) electrons. The Morgan fingerprint density at radius 2 is 1.39 bits per heavy atom. The minimum absolute atomic E-state index is 0.0663. The lowest BCUT2D eigenvalue weighted by Gasteiger charge is -2.44. The Balaban J connectivity index is 3.13. The number of ether oxygens (including phenoxy) is 2. The number of esters is 1. The average molecular weight is 400 g/mol. The molecule has 0 aromatic carbocycles. The van der Waals surface area contributed by atoms with Crippen LogP contribution in [0.3, 0.4) is 0 Å². The van der Waals surface area contributed by atoms with E-state index in [9.17, 15) is 19.5 Å². The first-order valence-electron chi connectivity index (χ1n) is 10.1. The van der Waals surface area contributed by atoms with Crippen molar-refractivity contribution in [3.8, 4) is 0 Å². The van der Waals surface area contributed by atoms with E-state index in [-0.39, 0.29) is 18.9 Å². The van der Waals surface area contributed by atoms with E-state index in [1.54, 1.807) is 48.5 Å². The molecular formula is C21H37NO6. The number of carboxylic acids is 1. The second-order valence-electron chi connectivity index (χ2n) is 9.76. The third kappa shape index (κ3) is 6.99. The van der Waals surface area contributed by atoms with E-state index in [2.05, 4.69) is 0 Å². The molecule has 0 aromatic rings. The van der Waals surface area contributed by atoms with Gasteiger partial charge in [-0.25, -0.2) is 9.59 Å². The summed E-state index contributed by atoms with van der Waals surface area (Å²) in [4.78, 5) is 38.7. The third-order valence-electron chi connectivity index (χ3n) is 4.97. The number of carbonyl (C=O) groups excluding carboxylic acids is 2. The van der Waals surface area contributed by atoms with E-state index in [4.69, 9.17) is 9.47 Å². The monoisotopic (exact) mass is 399 g/mol. The molecule has 1 aliphatic rings. The van der Waals surface area contributed by atoms with Gasteiger partial charge in [0.2, 0.25) is 0 Å². The molecule has 0 aromatic heterocycles. The summed E-state index contributed by atoms with van der Waals surface area (Å²) in [6.45, 7) is 12.0. The van der Waals surface area contributed by atoms with Crippen molar-refractivity contribution in [2.75, 3.05) is 6.54 Å². The molecule has 1 N–H and O–H groups in total. The zero-order chi connectivity index (χ0) is 21.8. The number of hydrogen-bond donors (Lipinski definition) is 1. The Morgan fingerprint density at radius 3 is 1.82 bits per heavy atom. The fourth-order valence-corrected chi connectivity index (χ4v) is 3.60. The molecule has 28 heavy (non-hydrogen) atoms. The summed E-state index contributed by atoms with van der Waals surface area (Å²) >= 11 is 0. The molecule has 0 saturated heterocycles. The Labute approximate surface area is 168 Å². The van der Waals surface area contributed by atoms with E-state index in [1.807, 2.05) is 0 Å². The summed E-state index contributed by atoms with van der Waals surface area (Å²) in [6.07, 6.45) is 3.58. The normalized spacial score (nSPS) is 18.1. The molecule has 1 fully saturated rings. The lowest BCUT2D eigenvalue weighted by molar-refractivity contribution is -0.160. The Morgan fingerprint density at radius 1 is 0.893 bits per heavy atom. The number of nitrogens with zero attached hydrogens (tertiary/aromatic N) is 1. The van der Waals surface area contributed by atoms with Gasteiger partial charge in [-0.15, -0.1) is 0 Å². The van der Waals surface area contributed by atoms with Crippen molar-refractivity contribution in [1.82, 2.24) is 4.90 Å². The van der Waals surface area contributed by atoms with Gasteiger partial charge in [0.1, 0.15) is 16.7 Å². The largest absolute Gasteiger partial charge is 0.479 e. The average Bonchev–Trinajstić information content (AvgIpc) is 2.51. The van der Waals surface area contributed by atoms with Crippen molar-refractivity contribution in [2.24, 2.45) is 5.92 Å². The van der Waals surface area contributed by atoms with Crippen LogP contribution in [0.15, 0.2) is 0 Å². The SMILES string of the molecule is CC(C)(C)OC(=O)CCN(C(=O)OC(C)(C)C)[C@@](C)(C(=O)O)C1CCCCC1. The van der Waals surface area contributed by atoms with E-state index in [0.29, 0.717) is 0 Å². The minimum atomic E-state index is -1.44. The van der Waals surface area contributed by atoms with Gasteiger partial charge in [-0.05, 0) is 67.2 Å². The van der Waals surface area contributed by atoms with E-state index < -0.39 is 34.8 Å². The van der Waals surface area contributed by atoms with Gasteiger partial charge in [0, 0.05) is 6.54 Å². The van der Waals surface area contributed by atoms with Gasteiger partial charge in [0.15, 0.2) is 0 Å². The molecule has 1 rings (SSSR count). The molecule has 0 aliphatic heterocycles. The highest BCUT2D eigenvalue weighted by Crippen LogP contribution is 2.37. The second-order valence-corrected chi connectivity index (χ2v) is 9.76. The first-order chi connectivity index (χ1) is 12.7. The van der Waals surface area contributed by atoms with Crippen molar-refractivity contribution < 1.29 is 29.0 Å². The molecule has 162 valence electrons. The van der Waals surface area contributed by atoms with Gasteiger partial charge in [0.25, 0.3) is 0 Å². The smallest absolute Gasteiger partial charge is 0.411 e. The van der Waals surface area contributed by atoms with E-state index >= 15 is 0 Å². The molecule has 1 saturated carbocycles. The van der Waals surface area contributed by atoms with Crippen molar-refractivity contribution in [1.29, 1.82) is 0 Å². The van der Waals surface area contributed by atoms with Crippen molar-refractivity contribution in [2.45, 2.75) is 104 Å². The van der Waals surface area contributed by atoms with Crippen LogP contribution < -0.4 is 0 Å². The first-order valence-corrected chi connectivity index (χ1v) is 10.1. The summed E-state index contributed by atoms with van der Waals surface area (Å²) in [5.74, 6) is -1.74. The summed E-state index contributed by atoms with van der Waals surface area (Å²) in [5.41, 5.74) is -2.86. The lowest BCUT2D eigenvalue weighted by Crippen LogP contribution is -2.61. The molecule has 0 unspecified atom stereocenters. The topological polar surface area (TPSA) is 93.1 Å². The van der Waals surface area contributed by atoms with Crippen LogP contribution in [0.25, 0.3) is 0 Å². The zero-order valence-corrected chi connectivity index (χ0v) is 18.5. The lowest BCUT2D eigenvalue weighted by atomic mass is 9.74. The summed E-state index contributed by atoms with van der Waals surface area (Å²) in [7, 11) is 0. The molecule has 0 heterocycles. The number of amides is 1. The summed E-state index contributed by atoms with van der Waals surface area (Å²) in [6, 6.07) is 0.